The smallest absolute Gasteiger partial charge is 0.262 e. The SMILES string of the molecule is Nc1nc(-c2cc(-c3ccon3)n(Cc3ccccc3F)n2)ncc1NC(=O)CN1C(=O)c2ccccc2C1=O. The summed E-state index contributed by atoms with van der Waals surface area (Å²) in [5.41, 5.74) is 8.42. The molecular formula is C27H19FN8O4. The van der Waals surface area contributed by atoms with Crippen LogP contribution in [-0.2, 0) is 11.3 Å². The van der Waals surface area contributed by atoms with Crippen LogP contribution in [-0.4, -0.2) is 54.1 Å². The Hall–Kier alpha value is -5.72. The number of amides is 3. The Labute approximate surface area is 225 Å². The van der Waals surface area contributed by atoms with Gasteiger partial charge in [0.2, 0.25) is 5.91 Å². The first-order chi connectivity index (χ1) is 19.4. The van der Waals surface area contributed by atoms with Gasteiger partial charge in [0, 0.05) is 11.6 Å². The predicted octanol–water partition coefficient (Wildman–Crippen LogP) is 3.00. The number of hydrogen-bond donors (Lipinski definition) is 2. The van der Waals surface area contributed by atoms with E-state index in [2.05, 4.69) is 25.5 Å². The third kappa shape index (κ3) is 4.45. The third-order valence-electron chi connectivity index (χ3n) is 6.26. The molecule has 1 aliphatic rings. The Morgan fingerprint density at radius 2 is 1.73 bits per heavy atom. The Kier molecular flexibility index (Phi) is 6.07. The molecule has 0 radical (unpaired) electrons. The molecule has 2 aromatic carbocycles. The van der Waals surface area contributed by atoms with Gasteiger partial charge in [0.15, 0.2) is 11.6 Å². The van der Waals surface area contributed by atoms with Gasteiger partial charge in [-0.15, -0.1) is 0 Å². The van der Waals surface area contributed by atoms with Gasteiger partial charge < -0.3 is 15.6 Å². The first-order valence-corrected chi connectivity index (χ1v) is 12.0. The highest BCUT2D eigenvalue weighted by molar-refractivity contribution is 6.22. The second kappa shape index (κ2) is 9.87. The number of benzene rings is 2. The number of nitrogen functional groups attached to an aromatic ring is 1. The molecule has 0 unspecified atom stereocenters. The molecule has 0 aliphatic carbocycles. The van der Waals surface area contributed by atoms with E-state index in [4.69, 9.17) is 10.3 Å². The molecule has 0 fully saturated rings. The van der Waals surface area contributed by atoms with E-state index < -0.39 is 24.3 Å². The van der Waals surface area contributed by atoms with Gasteiger partial charge in [0.1, 0.15) is 35.7 Å². The van der Waals surface area contributed by atoms with Crippen LogP contribution in [0.2, 0.25) is 0 Å². The summed E-state index contributed by atoms with van der Waals surface area (Å²) in [5, 5.41) is 11.0. The van der Waals surface area contributed by atoms with Crippen LogP contribution in [0.25, 0.3) is 22.9 Å². The number of nitrogens with zero attached hydrogens (tertiary/aromatic N) is 6. The van der Waals surface area contributed by atoms with Crippen LogP contribution in [0.1, 0.15) is 26.3 Å². The second-order valence-corrected chi connectivity index (χ2v) is 8.83. The van der Waals surface area contributed by atoms with Gasteiger partial charge in [-0.05, 0) is 24.3 Å². The Balaban J connectivity index is 1.22. The van der Waals surface area contributed by atoms with Crippen molar-refractivity contribution in [3.05, 3.63) is 95.6 Å². The molecule has 198 valence electrons. The van der Waals surface area contributed by atoms with Crippen molar-refractivity contribution >= 4 is 29.2 Å². The number of aromatic nitrogens is 5. The minimum atomic E-state index is -0.653. The van der Waals surface area contributed by atoms with Crippen molar-refractivity contribution in [2.45, 2.75) is 6.54 Å². The topological polar surface area (TPSA) is 162 Å². The van der Waals surface area contributed by atoms with E-state index in [0.29, 0.717) is 22.6 Å². The van der Waals surface area contributed by atoms with E-state index >= 15 is 0 Å². The maximum Gasteiger partial charge on any atom is 0.262 e. The molecule has 3 aromatic heterocycles. The van der Waals surface area contributed by atoms with Crippen LogP contribution in [0.3, 0.4) is 0 Å². The van der Waals surface area contributed by atoms with Gasteiger partial charge in [-0.25, -0.2) is 14.4 Å². The summed E-state index contributed by atoms with van der Waals surface area (Å²) in [5.74, 6) is -2.05. The largest absolute Gasteiger partial charge is 0.382 e. The van der Waals surface area contributed by atoms with Gasteiger partial charge in [0.25, 0.3) is 11.8 Å². The van der Waals surface area contributed by atoms with E-state index in [1.165, 1.54) is 30.7 Å². The molecule has 4 heterocycles. The number of carbonyl (C=O) groups is 3. The molecule has 6 rings (SSSR count). The normalized spacial score (nSPS) is 12.6. The molecule has 0 atom stereocenters. The van der Waals surface area contributed by atoms with Crippen LogP contribution < -0.4 is 11.1 Å². The molecule has 3 amide bonds. The van der Waals surface area contributed by atoms with Gasteiger partial charge in [-0.3, -0.25) is 24.0 Å². The lowest BCUT2D eigenvalue weighted by molar-refractivity contribution is -0.116. The molecule has 1 aliphatic heterocycles. The van der Waals surface area contributed by atoms with Gasteiger partial charge >= 0.3 is 0 Å². The number of rotatable bonds is 7. The van der Waals surface area contributed by atoms with Crippen molar-refractivity contribution in [1.29, 1.82) is 0 Å². The van der Waals surface area contributed by atoms with E-state index in [1.54, 1.807) is 47.1 Å². The fourth-order valence-electron chi connectivity index (χ4n) is 4.32. The zero-order valence-corrected chi connectivity index (χ0v) is 20.6. The van der Waals surface area contributed by atoms with Crippen molar-refractivity contribution in [3.8, 4) is 22.9 Å². The summed E-state index contributed by atoms with van der Waals surface area (Å²) in [6, 6.07) is 16.0. The number of imide groups is 1. The summed E-state index contributed by atoms with van der Waals surface area (Å²) in [6.45, 7) is -0.397. The minimum absolute atomic E-state index is 0.0626. The standard InChI is InChI=1S/C27H19FN8O4/c28-18-8-4-1-5-15(18)13-36-22(19-9-10-40-34-19)11-20(33-36)25-30-12-21(24(29)32-25)31-23(37)14-35-26(38)16-6-2-3-7-17(16)27(35)39/h1-12H,13-14H2,(H,31,37)(H2,29,30,32). The molecular weight excluding hydrogens is 519 g/mol. The number of hydrogen-bond acceptors (Lipinski definition) is 9. The van der Waals surface area contributed by atoms with Crippen LogP contribution in [0, 0.1) is 5.82 Å². The monoisotopic (exact) mass is 538 g/mol. The van der Waals surface area contributed by atoms with E-state index in [-0.39, 0.29) is 40.8 Å². The molecule has 12 nitrogen and oxygen atoms in total. The lowest BCUT2D eigenvalue weighted by Gasteiger charge is -2.14. The molecule has 40 heavy (non-hydrogen) atoms. The summed E-state index contributed by atoms with van der Waals surface area (Å²) >= 11 is 0. The second-order valence-electron chi connectivity index (χ2n) is 8.83. The van der Waals surface area contributed by atoms with Crippen LogP contribution in [0.5, 0.6) is 0 Å². The number of anilines is 2. The summed E-state index contributed by atoms with van der Waals surface area (Å²) in [7, 11) is 0. The summed E-state index contributed by atoms with van der Waals surface area (Å²) < 4.78 is 20.8. The molecule has 0 bridgehead atoms. The van der Waals surface area contributed by atoms with Crippen molar-refractivity contribution in [2.75, 3.05) is 17.6 Å². The fourth-order valence-corrected chi connectivity index (χ4v) is 4.32. The quantitative estimate of drug-likeness (QED) is 0.297. The van der Waals surface area contributed by atoms with E-state index in [1.807, 2.05) is 0 Å². The first-order valence-electron chi connectivity index (χ1n) is 12.0. The fraction of sp³-hybridized carbons (Fsp3) is 0.0741. The summed E-state index contributed by atoms with van der Waals surface area (Å²) in [6.07, 6.45) is 2.70. The molecule has 5 aromatic rings. The summed E-state index contributed by atoms with van der Waals surface area (Å²) in [4.78, 5) is 47.2. The average molecular weight is 538 g/mol. The van der Waals surface area contributed by atoms with Crippen molar-refractivity contribution in [2.24, 2.45) is 0 Å². The highest BCUT2D eigenvalue weighted by Crippen LogP contribution is 2.27. The zero-order valence-electron chi connectivity index (χ0n) is 20.6. The third-order valence-corrected chi connectivity index (χ3v) is 6.26. The number of nitrogens with one attached hydrogen (secondary N) is 1. The van der Waals surface area contributed by atoms with Gasteiger partial charge in [-0.2, -0.15) is 5.10 Å². The van der Waals surface area contributed by atoms with Crippen LogP contribution in [0.15, 0.2) is 77.6 Å². The van der Waals surface area contributed by atoms with E-state index in [0.717, 1.165) is 4.90 Å². The van der Waals surface area contributed by atoms with Crippen LogP contribution >= 0.6 is 0 Å². The van der Waals surface area contributed by atoms with Crippen LogP contribution in [0.4, 0.5) is 15.9 Å². The molecule has 0 spiro atoms. The Bertz CT molecular complexity index is 1750. The number of fused-ring (bicyclic) bond motifs is 1. The van der Waals surface area contributed by atoms with Gasteiger partial charge in [0.05, 0.1) is 29.6 Å². The number of halogens is 1. The maximum atomic E-state index is 14.3. The number of carbonyl (C=O) groups excluding carboxylic acids is 3. The van der Waals surface area contributed by atoms with Gasteiger partial charge in [-0.1, -0.05) is 35.5 Å². The highest BCUT2D eigenvalue weighted by Gasteiger charge is 2.36. The predicted molar refractivity (Wildman–Crippen MR) is 139 cm³/mol. The van der Waals surface area contributed by atoms with Crippen molar-refractivity contribution < 1.29 is 23.3 Å². The Morgan fingerprint density at radius 3 is 2.40 bits per heavy atom. The van der Waals surface area contributed by atoms with E-state index in [9.17, 15) is 18.8 Å². The highest BCUT2D eigenvalue weighted by atomic mass is 19.1. The number of nitrogens with two attached hydrogens (primary N) is 1. The molecule has 0 saturated heterocycles. The average Bonchev–Trinajstić information content (AvgIpc) is 3.68. The van der Waals surface area contributed by atoms with Crippen molar-refractivity contribution in [1.82, 2.24) is 29.8 Å². The molecule has 3 N–H and O–H groups in total. The first kappa shape index (κ1) is 24.6. The zero-order chi connectivity index (χ0) is 27.8. The lowest BCUT2D eigenvalue weighted by Crippen LogP contribution is -2.37. The minimum Gasteiger partial charge on any atom is -0.382 e. The lowest BCUT2D eigenvalue weighted by atomic mass is 10.1. The van der Waals surface area contributed by atoms with Crippen molar-refractivity contribution in [3.63, 3.8) is 0 Å². The Morgan fingerprint density at radius 1 is 1.00 bits per heavy atom. The molecule has 13 heteroatoms. The maximum absolute atomic E-state index is 14.3. The molecule has 0 saturated carbocycles.